The Bertz CT molecular complexity index is 1110. The molecule has 43 heavy (non-hydrogen) atoms. The second-order valence-electron chi connectivity index (χ2n) is 9.54. The van der Waals surface area contributed by atoms with Crippen molar-refractivity contribution < 1.29 is 42.2 Å². The standard InChI is InChI=1S/C32H47NO9Si/c1-5-40-43(41-6-2,42-7-3)24-12-21-33-32(36)39-23-11-9-8-10-22-38-29-18-15-26(16-19-29)28-14-13-27(17-20-31(34)35)30(25-28)37-4/h13-20,25H,5-12,21-24H2,1-4H3,(H,33,36)(H,34,35)/p-1/b20-17+. The summed E-state index contributed by atoms with van der Waals surface area (Å²) in [5.41, 5.74) is 2.59. The van der Waals surface area contributed by atoms with E-state index in [1.165, 1.54) is 6.08 Å². The lowest BCUT2D eigenvalue weighted by Gasteiger charge is -2.28. The number of unbranched alkanes of at least 4 members (excludes halogenated alkanes) is 3. The van der Waals surface area contributed by atoms with E-state index in [2.05, 4.69) is 5.32 Å². The van der Waals surface area contributed by atoms with Crippen LogP contribution in [0.5, 0.6) is 11.5 Å². The number of alkyl carbamates (subject to hydrolysis) is 1. The van der Waals surface area contributed by atoms with E-state index in [1.807, 2.05) is 57.2 Å². The number of nitrogens with one attached hydrogen (secondary N) is 1. The molecule has 0 aliphatic carbocycles. The third-order valence-electron chi connectivity index (χ3n) is 6.38. The van der Waals surface area contributed by atoms with Crippen molar-refractivity contribution in [1.29, 1.82) is 0 Å². The molecular formula is C32H46NO9Si-. The number of aliphatic carboxylic acids is 1. The van der Waals surface area contributed by atoms with Gasteiger partial charge in [0.15, 0.2) is 0 Å². The highest BCUT2D eigenvalue weighted by molar-refractivity contribution is 6.60. The molecule has 0 heterocycles. The summed E-state index contributed by atoms with van der Waals surface area (Å²) >= 11 is 0. The van der Waals surface area contributed by atoms with Crippen molar-refractivity contribution in [3.05, 3.63) is 54.1 Å². The van der Waals surface area contributed by atoms with E-state index in [1.54, 1.807) is 13.2 Å². The van der Waals surface area contributed by atoms with Crippen molar-refractivity contribution >= 4 is 26.9 Å². The molecule has 0 spiro atoms. The van der Waals surface area contributed by atoms with Gasteiger partial charge in [-0.1, -0.05) is 24.3 Å². The minimum atomic E-state index is -2.69. The summed E-state index contributed by atoms with van der Waals surface area (Å²) < 4.78 is 34.0. The van der Waals surface area contributed by atoms with Crippen molar-refractivity contribution in [2.24, 2.45) is 0 Å². The smallest absolute Gasteiger partial charge is 0.500 e. The maximum Gasteiger partial charge on any atom is 0.500 e. The normalized spacial score (nSPS) is 11.4. The number of carbonyl (C=O) groups is 2. The third-order valence-corrected chi connectivity index (χ3v) is 9.53. The van der Waals surface area contributed by atoms with Crippen LogP contribution in [0.1, 0.15) is 58.4 Å². The van der Waals surface area contributed by atoms with E-state index < -0.39 is 20.9 Å². The summed E-state index contributed by atoms with van der Waals surface area (Å²) in [6.07, 6.45) is 6.31. The number of ether oxygens (including phenoxy) is 3. The predicted octanol–water partition coefficient (Wildman–Crippen LogP) is 5.23. The van der Waals surface area contributed by atoms with Gasteiger partial charge in [-0.2, -0.15) is 0 Å². The van der Waals surface area contributed by atoms with Gasteiger partial charge in [-0.25, -0.2) is 4.79 Å². The molecule has 0 radical (unpaired) electrons. The molecule has 2 rings (SSSR count). The first-order valence-corrected chi connectivity index (χ1v) is 16.9. The SMILES string of the molecule is CCO[Si](CCCNC(=O)OCCCCCCOc1ccc(-c2ccc(/C=C/C(=O)[O-])c(OC)c2)cc1)(OCC)OCC. The van der Waals surface area contributed by atoms with Gasteiger partial charge >= 0.3 is 14.9 Å². The van der Waals surface area contributed by atoms with E-state index in [0.29, 0.717) is 63.4 Å². The lowest BCUT2D eigenvalue weighted by atomic mass is 10.0. The Hall–Kier alpha value is -3.38. The first kappa shape index (κ1) is 35.8. The summed E-state index contributed by atoms with van der Waals surface area (Å²) in [5, 5.41) is 13.5. The summed E-state index contributed by atoms with van der Waals surface area (Å²) in [5.74, 6) is 0.0987. The van der Waals surface area contributed by atoms with Crippen molar-refractivity contribution in [1.82, 2.24) is 5.32 Å². The average Bonchev–Trinajstić information content (AvgIpc) is 3.00. The largest absolute Gasteiger partial charge is 0.545 e. The molecule has 0 unspecified atom stereocenters. The fourth-order valence-corrected chi connectivity index (χ4v) is 7.00. The summed E-state index contributed by atoms with van der Waals surface area (Å²) in [4.78, 5) is 22.7. The van der Waals surface area contributed by atoms with Crippen molar-refractivity contribution in [2.75, 3.05) is 46.7 Å². The monoisotopic (exact) mass is 616 g/mol. The van der Waals surface area contributed by atoms with Crippen molar-refractivity contribution in [3.8, 4) is 22.6 Å². The molecule has 2 aromatic rings. The highest BCUT2D eigenvalue weighted by atomic mass is 28.4. The molecule has 11 heteroatoms. The fourth-order valence-electron chi connectivity index (χ4n) is 4.39. The summed E-state index contributed by atoms with van der Waals surface area (Å²) in [6, 6.07) is 14.0. The molecule has 0 aromatic heterocycles. The molecule has 0 aliphatic heterocycles. The number of amides is 1. The van der Waals surface area contributed by atoms with E-state index in [-0.39, 0.29) is 0 Å². The quantitative estimate of drug-likeness (QED) is 0.108. The molecule has 0 fully saturated rings. The van der Waals surface area contributed by atoms with Gasteiger partial charge in [-0.05, 0) is 94.4 Å². The number of carboxylic acid groups (broad SMARTS) is 1. The van der Waals surface area contributed by atoms with E-state index in [0.717, 1.165) is 48.6 Å². The Morgan fingerprint density at radius 1 is 0.837 bits per heavy atom. The summed E-state index contributed by atoms with van der Waals surface area (Å²) in [6.45, 7) is 8.83. The number of hydrogen-bond donors (Lipinski definition) is 1. The molecule has 1 amide bonds. The number of benzene rings is 2. The fraction of sp³-hybridized carbons (Fsp3) is 0.500. The van der Waals surface area contributed by atoms with Gasteiger partial charge in [0.05, 0.1) is 26.3 Å². The van der Waals surface area contributed by atoms with Crippen LogP contribution in [0.3, 0.4) is 0 Å². The molecule has 10 nitrogen and oxygen atoms in total. The average molecular weight is 617 g/mol. The lowest BCUT2D eigenvalue weighted by molar-refractivity contribution is -0.297. The number of methoxy groups -OCH3 is 1. The predicted molar refractivity (Wildman–Crippen MR) is 166 cm³/mol. The molecule has 0 aliphatic rings. The second-order valence-corrected chi connectivity index (χ2v) is 12.3. The number of hydrogen-bond acceptors (Lipinski definition) is 9. The maximum absolute atomic E-state index is 12.0. The summed E-state index contributed by atoms with van der Waals surface area (Å²) in [7, 11) is -1.14. The zero-order valence-electron chi connectivity index (χ0n) is 25.9. The zero-order valence-corrected chi connectivity index (χ0v) is 26.9. The zero-order chi connectivity index (χ0) is 31.3. The Morgan fingerprint density at radius 2 is 1.47 bits per heavy atom. The van der Waals surface area contributed by atoms with Crippen LogP contribution in [-0.4, -0.2) is 67.6 Å². The van der Waals surface area contributed by atoms with Gasteiger partial charge < -0.3 is 42.7 Å². The first-order chi connectivity index (χ1) is 20.9. The molecule has 0 saturated heterocycles. The van der Waals surface area contributed by atoms with Crippen LogP contribution in [0.25, 0.3) is 17.2 Å². The van der Waals surface area contributed by atoms with E-state index >= 15 is 0 Å². The third kappa shape index (κ3) is 13.6. The number of rotatable bonds is 22. The van der Waals surface area contributed by atoms with E-state index in [9.17, 15) is 14.7 Å². The van der Waals surface area contributed by atoms with Crippen LogP contribution in [0.15, 0.2) is 48.5 Å². The highest BCUT2D eigenvalue weighted by Gasteiger charge is 2.39. The minimum Gasteiger partial charge on any atom is -0.545 e. The van der Waals surface area contributed by atoms with Crippen LogP contribution in [-0.2, 0) is 22.8 Å². The molecule has 2 aromatic carbocycles. The highest BCUT2D eigenvalue weighted by Crippen LogP contribution is 2.29. The second kappa shape index (κ2) is 20.5. The number of carboxylic acids is 1. The van der Waals surface area contributed by atoms with Crippen molar-refractivity contribution in [3.63, 3.8) is 0 Å². The maximum atomic E-state index is 12.0. The minimum absolute atomic E-state index is 0.377. The van der Waals surface area contributed by atoms with Crippen LogP contribution >= 0.6 is 0 Å². The van der Waals surface area contributed by atoms with Gasteiger partial charge in [0.2, 0.25) is 0 Å². The Labute approximate surface area is 256 Å². The Kier molecular flexibility index (Phi) is 17.1. The van der Waals surface area contributed by atoms with Gasteiger partial charge in [0.1, 0.15) is 11.5 Å². The molecule has 0 saturated carbocycles. The molecular weight excluding hydrogens is 570 g/mol. The lowest BCUT2D eigenvalue weighted by Crippen LogP contribution is -2.46. The van der Waals surface area contributed by atoms with Crippen molar-refractivity contribution in [2.45, 2.75) is 58.9 Å². The van der Waals surface area contributed by atoms with Gasteiger partial charge in [0, 0.05) is 38.0 Å². The van der Waals surface area contributed by atoms with Crippen LogP contribution in [0, 0.1) is 0 Å². The van der Waals surface area contributed by atoms with Gasteiger partial charge in [-0.3, -0.25) is 0 Å². The number of carbonyl (C=O) groups excluding carboxylic acids is 2. The van der Waals surface area contributed by atoms with Gasteiger partial charge in [-0.15, -0.1) is 0 Å². The molecule has 238 valence electrons. The van der Waals surface area contributed by atoms with E-state index in [4.69, 9.17) is 27.5 Å². The topological polar surface area (TPSA) is 125 Å². The Morgan fingerprint density at radius 3 is 2.07 bits per heavy atom. The van der Waals surface area contributed by atoms with Crippen LogP contribution < -0.4 is 19.9 Å². The molecule has 0 bridgehead atoms. The van der Waals surface area contributed by atoms with Gasteiger partial charge in [0.25, 0.3) is 0 Å². The first-order valence-electron chi connectivity index (χ1n) is 15.0. The van der Waals surface area contributed by atoms with Crippen LogP contribution in [0.4, 0.5) is 4.79 Å². The molecule has 0 atom stereocenters. The van der Waals surface area contributed by atoms with Crippen LogP contribution in [0.2, 0.25) is 6.04 Å². The molecule has 1 N–H and O–H groups in total. The Balaban J connectivity index is 1.60.